The number of anilines is 1. The van der Waals surface area contributed by atoms with E-state index in [1.165, 1.54) is 6.21 Å². The lowest BCUT2D eigenvalue weighted by Gasteiger charge is -2.21. The number of hydrazone groups is 1. The van der Waals surface area contributed by atoms with Crippen LogP contribution < -0.4 is 15.0 Å². The number of nitrogens with zero attached hydrogens (tertiary/aromatic N) is 3. The van der Waals surface area contributed by atoms with Gasteiger partial charge in [0.1, 0.15) is 17.0 Å². The second-order valence-electron chi connectivity index (χ2n) is 7.06. The summed E-state index contributed by atoms with van der Waals surface area (Å²) in [4.78, 5) is 27.5. The molecule has 0 spiro atoms. The van der Waals surface area contributed by atoms with Crippen molar-refractivity contribution >= 4 is 23.8 Å². The van der Waals surface area contributed by atoms with E-state index in [9.17, 15) is 14.7 Å². The van der Waals surface area contributed by atoms with E-state index in [4.69, 9.17) is 4.74 Å². The topological polar surface area (TPSA) is 94.5 Å². The number of carbonyl (C=O) groups excluding carboxylic acids is 2. The van der Waals surface area contributed by atoms with Crippen LogP contribution in [0.25, 0.3) is 0 Å². The SMILES string of the molecule is CCN(CC)c1ccc(/C=N/N2C(=O)NC(C)(c3ccc(OC)cc3)C2=O)c(O)c1. The van der Waals surface area contributed by atoms with Crippen molar-refractivity contribution in [2.75, 3.05) is 25.1 Å². The summed E-state index contributed by atoms with van der Waals surface area (Å²) in [7, 11) is 1.56. The molecule has 1 fully saturated rings. The molecule has 1 heterocycles. The van der Waals surface area contributed by atoms with Gasteiger partial charge in [-0.15, -0.1) is 5.01 Å². The van der Waals surface area contributed by atoms with Crippen LogP contribution >= 0.6 is 0 Å². The van der Waals surface area contributed by atoms with Crippen LogP contribution in [0.2, 0.25) is 0 Å². The molecule has 0 aliphatic carbocycles. The minimum atomic E-state index is -1.24. The van der Waals surface area contributed by atoms with E-state index in [1.54, 1.807) is 50.4 Å². The maximum atomic E-state index is 12.9. The number of ether oxygens (including phenoxy) is 1. The highest BCUT2D eigenvalue weighted by Crippen LogP contribution is 2.30. The highest BCUT2D eigenvalue weighted by molar-refractivity contribution is 6.07. The fourth-order valence-corrected chi connectivity index (χ4v) is 3.40. The molecule has 3 amide bonds. The molecule has 2 N–H and O–H groups in total. The number of phenolic OH excluding ortho intramolecular Hbond substituents is 1. The van der Waals surface area contributed by atoms with Crippen LogP contribution in [0.5, 0.6) is 11.5 Å². The van der Waals surface area contributed by atoms with Gasteiger partial charge in [0, 0.05) is 30.4 Å². The molecule has 1 saturated heterocycles. The van der Waals surface area contributed by atoms with Gasteiger partial charge >= 0.3 is 6.03 Å². The number of aromatic hydroxyl groups is 1. The number of carbonyl (C=O) groups is 2. The molecule has 0 saturated carbocycles. The highest BCUT2D eigenvalue weighted by Gasteiger charge is 2.49. The first-order valence-electron chi connectivity index (χ1n) is 9.77. The molecule has 1 aliphatic heterocycles. The van der Waals surface area contributed by atoms with E-state index in [0.29, 0.717) is 16.9 Å². The first kappa shape index (κ1) is 21.2. The van der Waals surface area contributed by atoms with E-state index >= 15 is 0 Å². The summed E-state index contributed by atoms with van der Waals surface area (Å²) in [6.45, 7) is 7.33. The number of phenols is 1. The zero-order valence-corrected chi connectivity index (χ0v) is 17.5. The van der Waals surface area contributed by atoms with Crippen molar-refractivity contribution in [2.24, 2.45) is 5.10 Å². The zero-order chi connectivity index (χ0) is 21.9. The molecule has 2 aromatic rings. The first-order chi connectivity index (χ1) is 14.3. The minimum Gasteiger partial charge on any atom is -0.507 e. The van der Waals surface area contributed by atoms with Gasteiger partial charge in [-0.05, 0) is 50.6 Å². The Labute approximate surface area is 175 Å². The molecular formula is C22H26N4O4. The van der Waals surface area contributed by atoms with Crippen molar-refractivity contribution in [3.8, 4) is 11.5 Å². The molecule has 1 aliphatic rings. The van der Waals surface area contributed by atoms with Gasteiger partial charge in [-0.2, -0.15) is 5.10 Å². The van der Waals surface area contributed by atoms with Gasteiger partial charge < -0.3 is 20.1 Å². The lowest BCUT2D eigenvalue weighted by Crippen LogP contribution is -2.40. The van der Waals surface area contributed by atoms with Crippen LogP contribution in [-0.2, 0) is 10.3 Å². The normalized spacial score (nSPS) is 18.7. The van der Waals surface area contributed by atoms with Crippen LogP contribution in [0.3, 0.4) is 0 Å². The number of rotatable bonds is 7. The average molecular weight is 410 g/mol. The van der Waals surface area contributed by atoms with Crippen LogP contribution in [0.15, 0.2) is 47.6 Å². The highest BCUT2D eigenvalue weighted by atomic mass is 16.5. The Hall–Kier alpha value is -3.55. The van der Waals surface area contributed by atoms with Gasteiger partial charge in [0.05, 0.1) is 13.3 Å². The van der Waals surface area contributed by atoms with E-state index < -0.39 is 17.5 Å². The summed E-state index contributed by atoms with van der Waals surface area (Å²) in [5.41, 5.74) is 0.669. The summed E-state index contributed by atoms with van der Waals surface area (Å²) in [6, 6.07) is 11.5. The van der Waals surface area contributed by atoms with Crippen molar-refractivity contribution in [1.82, 2.24) is 10.3 Å². The van der Waals surface area contributed by atoms with E-state index in [0.717, 1.165) is 23.8 Å². The summed E-state index contributed by atoms with van der Waals surface area (Å²) in [5.74, 6) is 0.166. The predicted octanol–water partition coefficient (Wildman–Crippen LogP) is 3.05. The summed E-state index contributed by atoms with van der Waals surface area (Å²) in [6.07, 6.45) is 1.30. The Balaban J connectivity index is 1.82. The Morgan fingerprint density at radius 3 is 2.40 bits per heavy atom. The van der Waals surface area contributed by atoms with E-state index in [-0.39, 0.29) is 5.75 Å². The molecule has 0 bridgehead atoms. The summed E-state index contributed by atoms with van der Waals surface area (Å²) >= 11 is 0. The average Bonchev–Trinajstić information content (AvgIpc) is 2.97. The number of hydrogen-bond acceptors (Lipinski definition) is 6. The maximum absolute atomic E-state index is 12.9. The van der Waals surface area contributed by atoms with Crippen molar-refractivity contribution in [1.29, 1.82) is 0 Å². The predicted molar refractivity (Wildman–Crippen MR) is 115 cm³/mol. The van der Waals surface area contributed by atoms with Crippen molar-refractivity contribution in [3.05, 3.63) is 53.6 Å². The Morgan fingerprint density at radius 2 is 1.83 bits per heavy atom. The molecule has 30 heavy (non-hydrogen) atoms. The van der Waals surface area contributed by atoms with Crippen LogP contribution in [0.4, 0.5) is 10.5 Å². The molecule has 3 rings (SSSR count). The van der Waals surface area contributed by atoms with E-state index in [2.05, 4.69) is 15.3 Å². The third kappa shape index (κ3) is 3.80. The smallest absolute Gasteiger partial charge is 0.346 e. The molecular weight excluding hydrogens is 384 g/mol. The number of imide groups is 1. The Bertz CT molecular complexity index is 970. The van der Waals surface area contributed by atoms with Crippen LogP contribution in [-0.4, -0.2) is 48.5 Å². The molecule has 8 nitrogen and oxygen atoms in total. The molecule has 158 valence electrons. The number of nitrogens with one attached hydrogen (secondary N) is 1. The number of urea groups is 1. The van der Waals surface area contributed by atoms with Gasteiger partial charge in [0.2, 0.25) is 0 Å². The molecule has 0 radical (unpaired) electrons. The molecule has 0 aromatic heterocycles. The monoisotopic (exact) mass is 410 g/mol. The Kier molecular flexibility index (Phi) is 5.96. The van der Waals surface area contributed by atoms with Gasteiger partial charge in [0.15, 0.2) is 0 Å². The van der Waals surface area contributed by atoms with Gasteiger partial charge in [-0.1, -0.05) is 12.1 Å². The molecule has 1 atom stereocenters. The fourth-order valence-electron chi connectivity index (χ4n) is 3.40. The lowest BCUT2D eigenvalue weighted by atomic mass is 9.92. The summed E-state index contributed by atoms with van der Waals surface area (Å²) < 4.78 is 5.14. The number of methoxy groups -OCH3 is 1. The number of amides is 3. The second kappa shape index (κ2) is 8.44. The Morgan fingerprint density at radius 1 is 1.17 bits per heavy atom. The molecule has 8 heteroatoms. The minimum absolute atomic E-state index is 0.0214. The van der Waals surface area contributed by atoms with Crippen LogP contribution in [0.1, 0.15) is 31.9 Å². The largest absolute Gasteiger partial charge is 0.507 e. The van der Waals surface area contributed by atoms with Crippen molar-refractivity contribution < 1.29 is 19.4 Å². The first-order valence-corrected chi connectivity index (χ1v) is 9.77. The molecule has 2 aromatic carbocycles. The van der Waals surface area contributed by atoms with Crippen molar-refractivity contribution in [3.63, 3.8) is 0 Å². The maximum Gasteiger partial charge on any atom is 0.346 e. The van der Waals surface area contributed by atoms with Crippen LogP contribution in [0, 0.1) is 0 Å². The van der Waals surface area contributed by atoms with Gasteiger partial charge in [-0.25, -0.2) is 4.79 Å². The second-order valence-corrected chi connectivity index (χ2v) is 7.06. The third-order valence-electron chi connectivity index (χ3n) is 5.29. The quantitative estimate of drug-likeness (QED) is 0.540. The number of hydrogen-bond donors (Lipinski definition) is 2. The van der Waals surface area contributed by atoms with Crippen molar-refractivity contribution in [2.45, 2.75) is 26.3 Å². The van der Waals surface area contributed by atoms with E-state index in [1.807, 2.05) is 19.9 Å². The lowest BCUT2D eigenvalue weighted by molar-refractivity contribution is -0.131. The summed E-state index contributed by atoms with van der Waals surface area (Å²) in [5, 5.41) is 17.8. The molecule has 1 unspecified atom stereocenters. The van der Waals surface area contributed by atoms with Gasteiger partial charge in [0.25, 0.3) is 5.91 Å². The third-order valence-corrected chi connectivity index (χ3v) is 5.29. The standard InChI is InChI=1S/C22H26N4O4/c1-5-25(6-2)17-10-7-15(19(27)13-17)14-23-26-20(28)22(3,24-21(26)29)16-8-11-18(30-4)12-9-16/h7-14,27H,5-6H2,1-4H3,(H,24,29)/b23-14+. The fraction of sp³-hybridized carbons (Fsp3) is 0.318. The zero-order valence-electron chi connectivity index (χ0n) is 17.5. The van der Waals surface area contributed by atoms with Gasteiger partial charge in [-0.3, -0.25) is 4.79 Å². The number of benzene rings is 2.